The summed E-state index contributed by atoms with van der Waals surface area (Å²) in [6, 6.07) is 14.8. The van der Waals surface area contributed by atoms with E-state index in [4.69, 9.17) is 16.3 Å². The molecule has 0 spiro atoms. The first kappa shape index (κ1) is 19.3. The lowest BCUT2D eigenvalue weighted by atomic mass is 10.2. The summed E-state index contributed by atoms with van der Waals surface area (Å²) in [6.07, 6.45) is 0.396. The largest absolute Gasteiger partial charge is 0.462 e. The van der Waals surface area contributed by atoms with Crippen LogP contribution in [0.5, 0.6) is 0 Å². The predicted molar refractivity (Wildman–Crippen MR) is 103 cm³/mol. The molecule has 0 saturated heterocycles. The van der Waals surface area contributed by atoms with E-state index in [0.29, 0.717) is 29.3 Å². The molecule has 0 aliphatic heterocycles. The number of nitrogens with one attached hydrogen (secondary N) is 1. The van der Waals surface area contributed by atoms with Gasteiger partial charge in [-0.3, -0.25) is 4.79 Å². The highest BCUT2D eigenvalue weighted by molar-refractivity contribution is 7.98. The summed E-state index contributed by atoms with van der Waals surface area (Å²) in [4.78, 5) is 23.7. The molecule has 0 fully saturated rings. The fraction of sp³-hybridized carbons (Fsp3) is 0.263. The average molecular weight is 378 g/mol. The molecule has 0 saturated carbocycles. The van der Waals surface area contributed by atoms with Crippen LogP contribution in [0.3, 0.4) is 0 Å². The zero-order valence-corrected chi connectivity index (χ0v) is 15.5. The normalized spacial score (nSPS) is 10.3. The van der Waals surface area contributed by atoms with Crippen molar-refractivity contribution in [2.24, 2.45) is 0 Å². The Labute approximate surface area is 156 Å². The van der Waals surface area contributed by atoms with Crippen molar-refractivity contribution >= 4 is 40.9 Å². The molecular weight excluding hydrogens is 358 g/mol. The number of amides is 1. The number of hydrogen-bond donors (Lipinski definition) is 1. The molecule has 2 aromatic rings. The molecule has 0 radical (unpaired) electrons. The Morgan fingerprint density at radius 1 is 1.16 bits per heavy atom. The van der Waals surface area contributed by atoms with E-state index in [2.05, 4.69) is 17.4 Å². The highest BCUT2D eigenvalue weighted by Gasteiger charge is 2.11. The van der Waals surface area contributed by atoms with E-state index in [-0.39, 0.29) is 5.91 Å². The number of anilines is 1. The lowest BCUT2D eigenvalue weighted by Gasteiger charge is -2.09. The minimum absolute atomic E-state index is 0.105. The second kappa shape index (κ2) is 10.1. The number of halogens is 1. The zero-order chi connectivity index (χ0) is 18.1. The average Bonchev–Trinajstić information content (AvgIpc) is 2.61. The van der Waals surface area contributed by atoms with E-state index in [1.807, 2.05) is 18.2 Å². The van der Waals surface area contributed by atoms with Gasteiger partial charge in [-0.2, -0.15) is 11.8 Å². The predicted octanol–water partition coefficient (Wildman–Crippen LogP) is 4.78. The Morgan fingerprint density at radius 2 is 1.92 bits per heavy atom. The Balaban J connectivity index is 1.79. The number of ether oxygens (including phenoxy) is 1. The standard InChI is InChI=1S/C19H20ClNO3S/c1-2-24-19(23)15-8-9-17(16(20)12-15)21-18(22)10-11-25-13-14-6-4-3-5-7-14/h3-9,12H,2,10-11,13H2,1H3,(H,21,22). The second-order valence-corrected chi connectivity index (χ2v) is 6.76. The van der Waals surface area contributed by atoms with Gasteiger partial charge in [0.1, 0.15) is 0 Å². The molecule has 25 heavy (non-hydrogen) atoms. The first-order chi connectivity index (χ1) is 12.1. The fourth-order valence-corrected chi connectivity index (χ4v) is 3.23. The molecule has 1 amide bonds. The van der Waals surface area contributed by atoms with Gasteiger partial charge in [-0.15, -0.1) is 0 Å². The summed E-state index contributed by atoms with van der Waals surface area (Å²) >= 11 is 7.84. The maximum atomic E-state index is 12.0. The van der Waals surface area contributed by atoms with Gasteiger partial charge in [-0.05, 0) is 30.7 Å². The zero-order valence-electron chi connectivity index (χ0n) is 14.0. The highest BCUT2D eigenvalue weighted by Crippen LogP contribution is 2.24. The second-order valence-electron chi connectivity index (χ2n) is 5.25. The molecule has 1 N–H and O–H groups in total. The summed E-state index contributed by atoms with van der Waals surface area (Å²) in [7, 11) is 0. The quantitative estimate of drug-likeness (QED) is 0.531. The van der Waals surface area contributed by atoms with Crippen LogP contribution in [0.2, 0.25) is 5.02 Å². The van der Waals surface area contributed by atoms with Crippen LogP contribution in [0.4, 0.5) is 5.69 Å². The van der Waals surface area contributed by atoms with Gasteiger partial charge >= 0.3 is 5.97 Å². The molecule has 6 heteroatoms. The Bertz CT molecular complexity index is 722. The smallest absolute Gasteiger partial charge is 0.338 e. The number of carbonyl (C=O) groups excluding carboxylic acids is 2. The van der Waals surface area contributed by atoms with Gasteiger partial charge in [0.2, 0.25) is 5.91 Å². The number of esters is 1. The fourth-order valence-electron chi connectivity index (χ4n) is 2.10. The van der Waals surface area contributed by atoms with Crippen molar-refractivity contribution in [2.75, 3.05) is 17.7 Å². The van der Waals surface area contributed by atoms with E-state index < -0.39 is 5.97 Å². The molecule has 4 nitrogen and oxygen atoms in total. The van der Waals surface area contributed by atoms with Gasteiger partial charge in [0.25, 0.3) is 0 Å². The van der Waals surface area contributed by atoms with Gasteiger partial charge < -0.3 is 10.1 Å². The third-order valence-electron chi connectivity index (χ3n) is 3.34. The Hall–Kier alpha value is -1.98. The van der Waals surface area contributed by atoms with Crippen molar-refractivity contribution in [1.82, 2.24) is 0 Å². The Kier molecular flexibility index (Phi) is 7.82. The van der Waals surface area contributed by atoms with Gasteiger partial charge in [-0.25, -0.2) is 4.79 Å². The summed E-state index contributed by atoms with van der Waals surface area (Å²) in [5.74, 6) is 1.06. The molecule has 0 unspecified atom stereocenters. The first-order valence-electron chi connectivity index (χ1n) is 7.98. The van der Waals surface area contributed by atoms with E-state index in [1.54, 1.807) is 30.8 Å². The minimum Gasteiger partial charge on any atom is -0.462 e. The minimum atomic E-state index is -0.431. The molecular formula is C19H20ClNO3S. The van der Waals surface area contributed by atoms with Gasteiger partial charge in [-0.1, -0.05) is 41.9 Å². The molecule has 0 aliphatic carbocycles. The van der Waals surface area contributed by atoms with Crippen molar-refractivity contribution in [3.63, 3.8) is 0 Å². The van der Waals surface area contributed by atoms with E-state index in [0.717, 1.165) is 11.5 Å². The number of hydrogen-bond acceptors (Lipinski definition) is 4. The Morgan fingerprint density at radius 3 is 2.60 bits per heavy atom. The molecule has 2 aromatic carbocycles. The lowest BCUT2D eigenvalue weighted by molar-refractivity contribution is -0.115. The van der Waals surface area contributed by atoms with E-state index in [1.165, 1.54) is 11.6 Å². The van der Waals surface area contributed by atoms with Crippen molar-refractivity contribution in [3.8, 4) is 0 Å². The number of carbonyl (C=O) groups is 2. The molecule has 0 aliphatic rings. The summed E-state index contributed by atoms with van der Waals surface area (Å²) < 4.78 is 4.92. The topological polar surface area (TPSA) is 55.4 Å². The first-order valence-corrected chi connectivity index (χ1v) is 9.51. The lowest BCUT2D eigenvalue weighted by Crippen LogP contribution is -2.13. The molecule has 2 rings (SSSR count). The molecule has 132 valence electrons. The highest BCUT2D eigenvalue weighted by atomic mass is 35.5. The van der Waals surface area contributed by atoms with Crippen molar-refractivity contribution in [1.29, 1.82) is 0 Å². The van der Waals surface area contributed by atoms with Crippen LogP contribution in [0.25, 0.3) is 0 Å². The molecule has 0 bridgehead atoms. The van der Waals surface area contributed by atoms with Crippen LogP contribution in [-0.4, -0.2) is 24.2 Å². The van der Waals surface area contributed by atoms with Crippen LogP contribution < -0.4 is 5.32 Å². The van der Waals surface area contributed by atoms with Crippen LogP contribution in [0, 0.1) is 0 Å². The van der Waals surface area contributed by atoms with Gasteiger partial charge in [0.15, 0.2) is 0 Å². The van der Waals surface area contributed by atoms with Crippen molar-refractivity contribution in [2.45, 2.75) is 19.1 Å². The SMILES string of the molecule is CCOC(=O)c1ccc(NC(=O)CCSCc2ccccc2)c(Cl)c1. The summed E-state index contributed by atoms with van der Waals surface area (Å²) in [5.41, 5.74) is 2.10. The number of benzene rings is 2. The third kappa shape index (κ3) is 6.44. The van der Waals surface area contributed by atoms with E-state index >= 15 is 0 Å². The van der Waals surface area contributed by atoms with Crippen molar-refractivity contribution in [3.05, 3.63) is 64.7 Å². The van der Waals surface area contributed by atoms with Crippen LogP contribution in [-0.2, 0) is 15.3 Å². The molecule has 0 aromatic heterocycles. The number of rotatable bonds is 8. The van der Waals surface area contributed by atoms with Crippen LogP contribution in [0.1, 0.15) is 29.3 Å². The maximum Gasteiger partial charge on any atom is 0.338 e. The summed E-state index contributed by atoms with van der Waals surface area (Å²) in [5, 5.41) is 3.09. The van der Waals surface area contributed by atoms with Gasteiger partial charge in [0.05, 0.1) is 22.9 Å². The maximum absolute atomic E-state index is 12.0. The van der Waals surface area contributed by atoms with Gasteiger partial charge in [0, 0.05) is 17.9 Å². The third-order valence-corrected chi connectivity index (χ3v) is 4.68. The number of thioether (sulfide) groups is 1. The van der Waals surface area contributed by atoms with Crippen LogP contribution in [0.15, 0.2) is 48.5 Å². The molecule has 0 heterocycles. The van der Waals surface area contributed by atoms with Crippen LogP contribution >= 0.6 is 23.4 Å². The summed E-state index contributed by atoms with van der Waals surface area (Å²) in [6.45, 7) is 2.04. The van der Waals surface area contributed by atoms with Crippen molar-refractivity contribution < 1.29 is 14.3 Å². The monoisotopic (exact) mass is 377 g/mol. The molecule has 0 atom stereocenters. The van der Waals surface area contributed by atoms with E-state index in [9.17, 15) is 9.59 Å².